The first-order valence-electron chi connectivity index (χ1n) is 12.6. The molecule has 2 N–H and O–H groups in total. The Bertz CT molecular complexity index is 1200. The van der Waals surface area contributed by atoms with Crippen LogP contribution in [-0.4, -0.2) is 101 Å². The van der Waals surface area contributed by atoms with Crippen LogP contribution >= 0.6 is 0 Å². The summed E-state index contributed by atoms with van der Waals surface area (Å²) >= 11 is 0. The van der Waals surface area contributed by atoms with Crippen molar-refractivity contribution in [2.24, 2.45) is 0 Å². The highest BCUT2D eigenvalue weighted by Crippen LogP contribution is 2.26. The Morgan fingerprint density at radius 1 is 1.06 bits per heavy atom. The number of aromatic nitrogens is 2. The van der Waals surface area contributed by atoms with Gasteiger partial charge in [0.05, 0.1) is 12.4 Å². The maximum Gasteiger partial charge on any atom is 0.272 e. The number of hydrogen-bond donors (Lipinski definition) is 2. The molecule has 1 aromatic heterocycles. The predicted molar refractivity (Wildman–Crippen MR) is 136 cm³/mol. The number of β-amino-alcohol motifs (C(OH)–C–C–N with tert-alkyl or cyclic N) is 1. The van der Waals surface area contributed by atoms with Crippen LogP contribution in [0, 0.1) is 0 Å². The zero-order chi connectivity index (χ0) is 25.3. The van der Waals surface area contributed by atoms with Crippen molar-refractivity contribution < 1.29 is 18.3 Å². The van der Waals surface area contributed by atoms with E-state index in [2.05, 4.69) is 44.5 Å². The lowest BCUT2D eigenvalue weighted by Crippen LogP contribution is -2.56. The first-order chi connectivity index (χ1) is 17.3. The van der Waals surface area contributed by atoms with E-state index >= 15 is 0 Å². The molecule has 11 heteroatoms. The average molecular weight is 515 g/mol. The molecule has 2 aromatic rings. The van der Waals surface area contributed by atoms with Gasteiger partial charge < -0.3 is 15.3 Å². The molecule has 2 fully saturated rings. The fourth-order valence-corrected chi connectivity index (χ4v) is 6.46. The molecule has 0 spiro atoms. The molecule has 2 saturated heterocycles. The molecule has 4 heterocycles. The number of carbonyl (C=O) groups excluding carboxylic acids is 1. The van der Waals surface area contributed by atoms with Gasteiger partial charge in [-0.1, -0.05) is 24.3 Å². The van der Waals surface area contributed by atoms with Gasteiger partial charge in [-0.15, -0.1) is 0 Å². The van der Waals surface area contributed by atoms with Gasteiger partial charge in [-0.25, -0.2) is 22.7 Å². The standard InChI is InChI=1S/C25H34N6O4S/c1-36(34,35)31-12-7-20(8-13-31)28-24-14-21(26-17-27-24)25(33)30-11-9-22(23(32)16-30)29-10-6-18-4-2-3-5-19(18)15-29/h2-5,14,17,20,22-23,32H,6-13,15-16H2,1H3,(H,26,27,28)/t22-,23-/m0/s1. The Hall–Kier alpha value is -2.60. The molecule has 10 nitrogen and oxygen atoms in total. The van der Waals surface area contributed by atoms with Gasteiger partial charge in [-0.3, -0.25) is 9.69 Å². The second-order valence-corrected chi connectivity index (χ2v) is 12.0. The molecule has 194 valence electrons. The molecular weight excluding hydrogens is 480 g/mol. The first kappa shape index (κ1) is 25.1. The van der Waals surface area contributed by atoms with Crippen molar-refractivity contribution >= 4 is 21.7 Å². The molecule has 0 unspecified atom stereocenters. The van der Waals surface area contributed by atoms with Gasteiger partial charge in [0.1, 0.15) is 17.8 Å². The van der Waals surface area contributed by atoms with Crippen molar-refractivity contribution in [2.75, 3.05) is 44.3 Å². The van der Waals surface area contributed by atoms with Crippen LogP contribution in [0.4, 0.5) is 5.82 Å². The third-order valence-corrected chi connectivity index (χ3v) is 8.93. The fraction of sp³-hybridized carbons (Fsp3) is 0.560. The Balaban J connectivity index is 1.17. The SMILES string of the molecule is CS(=O)(=O)N1CCC(Nc2cc(C(=O)N3CC[C@H](N4CCc5ccccc5C4)[C@@H](O)C3)ncn2)CC1. The molecule has 3 aliphatic rings. The summed E-state index contributed by atoms with van der Waals surface area (Å²) in [5, 5.41) is 14.3. The minimum absolute atomic E-state index is 0.0304. The quantitative estimate of drug-likeness (QED) is 0.605. The van der Waals surface area contributed by atoms with Crippen LogP contribution < -0.4 is 5.32 Å². The van der Waals surface area contributed by atoms with Crippen LogP contribution in [0.2, 0.25) is 0 Å². The molecule has 1 aromatic carbocycles. The number of fused-ring (bicyclic) bond motifs is 1. The van der Waals surface area contributed by atoms with Gasteiger partial charge in [0.25, 0.3) is 5.91 Å². The minimum atomic E-state index is -3.18. The Labute approximate surface area is 212 Å². The number of nitrogens with one attached hydrogen (secondary N) is 1. The van der Waals surface area contributed by atoms with E-state index in [0.717, 1.165) is 19.5 Å². The molecule has 0 saturated carbocycles. The van der Waals surface area contributed by atoms with Crippen molar-refractivity contribution in [2.45, 2.75) is 50.4 Å². The van der Waals surface area contributed by atoms with Crippen molar-refractivity contribution in [1.82, 2.24) is 24.1 Å². The summed E-state index contributed by atoms with van der Waals surface area (Å²) in [7, 11) is -3.18. The van der Waals surface area contributed by atoms with Crippen LogP contribution in [0.1, 0.15) is 40.9 Å². The number of piperidine rings is 2. The average Bonchev–Trinajstić information content (AvgIpc) is 2.88. The number of aliphatic hydroxyl groups excluding tert-OH is 1. The molecule has 0 aliphatic carbocycles. The van der Waals surface area contributed by atoms with Crippen molar-refractivity contribution in [3.63, 3.8) is 0 Å². The smallest absolute Gasteiger partial charge is 0.272 e. The monoisotopic (exact) mass is 514 g/mol. The van der Waals surface area contributed by atoms with Crippen LogP contribution in [-0.2, 0) is 23.0 Å². The molecule has 0 bridgehead atoms. The van der Waals surface area contributed by atoms with Crippen molar-refractivity contribution in [3.8, 4) is 0 Å². The topological polar surface area (TPSA) is 119 Å². The Morgan fingerprint density at radius 2 is 1.81 bits per heavy atom. The van der Waals surface area contributed by atoms with E-state index in [-0.39, 0.29) is 24.5 Å². The van der Waals surface area contributed by atoms with E-state index in [9.17, 15) is 18.3 Å². The third kappa shape index (κ3) is 5.54. The predicted octanol–water partition coefficient (Wildman–Crippen LogP) is 0.946. The van der Waals surface area contributed by atoms with Gasteiger partial charge >= 0.3 is 0 Å². The summed E-state index contributed by atoms with van der Waals surface area (Å²) in [5.41, 5.74) is 2.99. The maximum absolute atomic E-state index is 13.2. The zero-order valence-electron chi connectivity index (χ0n) is 20.6. The van der Waals surface area contributed by atoms with Gasteiger partial charge in [-0.05, 0) is 36.8 Å². The van der Waals surface area contributed by atoms with E-state index in [1.54, 1.807) is 11.0 Å². The number of sulfonamides is 1. The largest absolute Gasteiger partial charge is 0.390 e. The molecule has 5 rings (SSSR count). The van der Waals surface area contributed by atoms with Gasteiger partial charge in [0.15, 0.2) is 0 Å². The van der Waals surface area contributed by atoms with E-state index in [0.29, 0.717) is 50.4 Å². The summed E-state index contributed by atoms with van der Waals surface area (Å²) in [6, 6.07) is 10.2. The normalized spacial score (nSPS) is 24.3. The highest BCUT2D eigenvalue weighted by Gasteiger charge is 2.36. The Morgan fingerprint density at radius 3 is 2.53 bits per heavy atom. The number of likely N-dealkylation sites (tertiary alicyclic amines) is 1. The highest BCUT2D eigenvalue weighted by molar-refractivity contribution is 7.88. The molecule has 0 radical (unpaired) electrons. The number of amides is 1. The number of hydrogen-bond acceptors (Lipinski definition) is 8. The third-order valence-electron chi connectivity index (χ3n) is 7.62. The summed E-state index contributed by atoms with van der Waals surface area (Å²) in [4.78, 5) is 25.7. The highest BCUT2D eigenvalue weighted by atomic mass is 32.2. The van der Waals surface area contributed by atoms with Crippen LogP contribution in [0.3, 0.4) is 0 Å². The first-order valence-corrected chi connectivity index (χ1v) is 14.4. The summed E-state index contributed by atoms with van der Waals surface area (Å²) in [6.07, 6.45) is 5.01. The lowest BCUT2D eigenvalue weighted by atomic mass is 9.94. The maximum atomic E-state index is 13.2. The number of benzene rings is 1. The zero-order valence-corrected chi connectivity index (χ0v) is 21.4. The van der Waals surface area contributed by atoms with E-state index in [1.807, 2.05) is 0 Å². The molecule has 3 aliphatic heterocycles. The molecule has 2 atom stereocenters. The van der Waals surface area contributed by atoms with E-state index in [4.69, 9.17) is 0 Å². The van der Waals surface area contributed by atoms with Crippen molar-refractivity contribution in [1.29, 1.82) is 0 Å². The number of carbonyl (C=O) groups is 1. The number of aliphatic hydroxyl groups is 1. The molecule has 1 amide bonds. The van der Waals surface area contributed by atoms with Crippen molar-refractivity contribution in [3.05, 3.63) is 53.5 Å². The van der Waals surface area contributed by atoms with Crippen LogP contribution in [0.5, 0.6) is 0 Å². The van der Waals surface area contributed by atoms with E-state index in [1.165, 1.54) is 28.0 Å². The molecular formula is C25H34N6O4S. The van der Waals surface area contributed by atoms with Crippen LogP contribution in [0.15, 0.2) is 36.7 Å². The molecule has 36 heavy (non-hydrogen) atoms. The van der Waals surface area contributed by atoms with E-state index < -0.39 is 16.1 Å². The summed E-state index contributed by atoms with van der Waals surface area (Å²) in [6.45, 7) is 3.51. The van der Waals surface area contributed by atoms with Gasteiger partial charge in [0.2, 0.25) is 10.0 Å². The second kappa shape index (κ2) is 10.4. The minimum Gasteiger partial charge on any atom is -0.390 e. The number of anilines is 1. The number of nitrogens with zero attached hydrogens (tertiary/aromatic N) is 5. The lowest BCUT2D eigenvalue weighted by molar-refractivity contribution is -0.0139. The second-order valence-electron chi connectivity index (χ2n) is 10.0. The Kier molecular flexibility index (Phi) is 7.25. The fourth-order valence-electron chi connectivity index (χ4n) is 5.59. The summed E-state index contributed by atoms with van der Waals surface area (Å²) in [5.74, 6) is 0.336. The van der Waals surface area contributed by atoms with Gasteiger partial charge in [0, 0.05) is 57.4 Å². The van der Waals surface area contributed by atoms with Crippen LogP contribution in [0.25, 0.3) is 0 Å². The number of rotatable bonds is 5. The lowest BCUT2D eigenvalue weighted by Gasteiger charge is -2.43. The van der Waals surface area contributed by atoms with Gasteiger partial charge in [-0.2, -0.15) is 0 Å². The summed E-state index contributed by atoms with van der Waals surface area (Å²) < 4.78 is 24.9.